The van der Waals surface area contributed by atoms with E-state index < -0.39 is 0 Å². The van der Waals surface area contributed by atoms with Crippen LogP contribution in [0.4, 0.5) is 11.4 Å². The molecular formula is C28H34N4O6. The van der Waals surface area contributed by atoms with Gasteiger partial charge in [0.1, 0.15) is 0 Å². The SMILES string of the molecule is O=C(CCC(=O)Nc1cccc(C(=O)NCC2CCCO2)c1)Nc1cccc(C(=O)NCC2CCCO2)c1. The molecule has 0 aliphatic carbocycles. The fourth-order valence-corrected chi connectivity index (χ4v) is 4.38. The molecule has 2 atom stereocenters. The molecule has 38 heavy (non-hydrogen) atoms. The number of carbonyl (C=O) groups excluding carboxylic acids is 4. The maximum absolute atomic E-state index is 12.4. The molecule has 2 fully saturated rings. The monoisotopic (exact) mass is 522 g/mol. The van der Waals surface area contributed by atoms with Gasteiger partial charge in [-0.1, -0.05) is 12.1 Å². The maximum atomic E-state index is 12.4. The van der Waals surface area contributed by atoms with E-state index in [-0.39, 0.29) is 48.7 Å². The highest BCUT2D eigenvalue weighted by molar-refractivity contribution is 6.00. The molecule has 2 heterocycles. The third-order valence-electron chi connectivity index (χ3n) is 6.42. The third kappa shape index (κ3) is 8.39. The lowest BCUT2D eigenvalue weighted by atomic mass is 10.1. The van der Waals surface area contributed by atoms with Crippen LogP contribution in [0.15, 0.2) is 48.5 Å². The van der Waals surface area contributed by atoms with Gasteiger partial charge >= 0.3 is 0 Å². The van der Waals surface area contributed by atoms with E-state index in [2.05, 4.69) is 21.3 Å². The van der Waals surface area contributed by atoms with Crippen LogP contribution in [0, 0.1) is 0 Å². The van der Waals surface area contributed by atoms with E-state index in [4.69, 9.17) is 9.47 Å². The second-order valence-electron chi connectivity index (χ2n) is 9.45. The second-order valence-corrected chi connectivity index (χ2v) is 9.45. The van der Waals surface area contributed by atoms with Crippen molar-refractivity contribution in [1.29, 1.82) is 0 Å². The van der Waals surface area contributed by atoms with Crippen LogP contribution in [-0.2, 0) is 19.1 Å². The largest absolute Gasteiger partial charge is 0.376 e. The molecule has 4 N–H and O–H groups in total. The number of nitrogens with one attached hydrogen (secondary N) is 4. The number of rotatable bonds is 11. The van der Waals surface area contributed by atoms with Gasteiger partial charge in [0.05, 0.1) is 12.2 Å². The van der Waals surface area contributed by atoms with Crippen molar-refractivity contribution < 1.29 is 28.7 Å². The molecule has 2 aliphatic rings. The first-order chi connectivity index (χ1) is 18.5. The van der Waals surface area contributed by atoms with E-state index in [0.717, 1.165) is 38.9 Å². The molecule has 4 amide bonds. The summed E-state index contributed by atoms with van der Waals surface area (Å²) in [7, 11) is 0. The lowest BCUT2D eigenvalue weighted by Gasteiger charge is -2.12. The van der Waals surface area contributed by atoms with Gasteiger partial charge in [0, 0.05) is 61.6 Å². The summed E-state index contributed by atoms with van der Waals surface area (Å²) in [5, 5.41) is 11.2. The lowest BCUT2D eigenvalue weighted by molar-refractivity contribution is -0.121. The molecular weight excluding hydrogens is 488 g/mol. The first kappa shape index (κ1) is 27.3. The summed E-state index contributed by atoms with van der Waals surface area (Å²) in [6.45, 7) is 2.35. The molecule has 0 saturated carbocycles. The summed E-state index contributed by atoms with van der Waals surface area (Å²) in [5.74, 6) is -1.17. The van der Waals surface area contributed by atoms with Gasteiger partial charge in [-0.3, -0.25) is 19.2 Å². The highest BCUT2D eigenvalue weighted by atomic mass is 16.5. The van der Waals surface area contributed by atoms with Gasteiger partial charge < -0.3 is 30.7 Å². The third-order valence-corrected chi connectivity index (χ3v) is 6.42. The maximum Gasteiger partial charge on any atom is 0.251 e. The summed E-state index contributed by atoms with van der Waals surface area (Å²) < 4.78 is 11.0. The summed E-state index contributed by atoms with van der Waals surface area (Å²) in [5.41, 5.74) is 1.81. The number of hydrogen-bond donors (Lipinski definition) is 4. The molecule has 2 aromatic carbocycles. The van der Waals surface area contributed by atoms with E-state index in [0.29, 0.717) is 35.6 Å². The quantitative estimate of drug-likeness (QED) is 0.359. The number of amides is 4. The lowest BCUT2D eigenvalue weighted by Crippen LogP contribution is -2.31. The van der Waals surface area contributed by atoms with Crippen LogP contribution in [0.25, 0.3) is 0 Å². The number of anilines is 2. The van der Waals surface area contributed by atoms with Crippen LogP contribution in [-0.4, -0.2) is 62.1 Å². The minimum absolute atomic E-state index is 0.0388. The van der Waals surface area contributed by atoms with Gasteiger partial charge in [-0.15, -0.1) is 0 Å². The number of benzene rings is 2. The molecule has 0 aromatic heterocycles. The Morgan fingerprint density at radius 1 is 0.684 bits per heavy atom. The van der Waals surface area contributed by atoms with Crippen LogP contribution in [0.2, 0.25) is 0 Å². The Labute approximate surface area is 221 Å². The molecule has 10 nitrogen and oxygen atoms in total. The predicted molar refractivity (Wildman–Crippen MR) is 142 cm³/mol. The average Bonchev–Trinajstić information content (AvgIpc) is 3.64. The van der Waals surface area contributed by atoms with Crippen molar-refractivity contribution >= 4 is 35.0 Å². The predicted octanol–water partition coefficient (Wildman–Crippen LogP) is 2.86. The summed E-state index contributed by atoms with van der Waals surface area (Å²) in [6.07, 6.45) is 3.88. The van der Waals surface area contributed by atoms with Crippen molar-refractivity contribution in [3.8, 4) is 0 Å². The first-order valence-electron chi connectivity index (χ1n) is 13.1. The molecule has 2 saturated heterocycles. The van der Waals surface area contributed by atoms with E-state index >= 15 is 0 Å². The molecule has 2 aromatic rings. The first-order valence-corrected chi connectivity index (χ1v) is 13.1. The van der Waals surface area contributed by atoms with Crippen LogP contribution < -0.4 is 21.3 Å². The highest BCUT2D eigenvalue weighted by Crippen LogP contribution is 2.15. The Hall–Kier alpha value is -3.76. The van der Waals surface area contributed by atoms with Crippen molar-refractivity contribution in [2.24, 2.45) is 0 Å². The minimum atomic E-state index is -0.348. The van der Waals surface area contributed by atoms with Crippen molar-refractivity contribution in [1.82, 2.24) is 10.6 Å². The Balaban J connectivity index is 1.19. The zero-order valence-corrected chi connectivity index (χ0v) is 21.3. The molecule has 10 heteroatoms. The van der Waals surface area contributed by atoms with Crippen LogP contribution in [0.5, 0.6) is 0 Å². The molecule has 4 rings (SSSR count). The molecule has 0 radical (unpaired) electrons. The minimum Gasteiger partial charge on any atom is -0.376 e. The number of hydrogen-bond acceptors (Lipinski definition) is 6. The van der Waals surface area contributed by atoms with Gasteiger partial charge in [-0.05, 0) is 62.1 Å². The van der Waals surface area contributed by atoms with Crippen LogP contribution >= 0.6 is 0 Å². The average molecular weight is 523 g/mol. The van der Waals surface area contributed by atoms with Crippen molar-refractivity contribution in [2.75, 3.05) is 36.9 Å². The summed E-state index contributed by atoms with van der Waals surface area (Å²) in [4.78, 5) is 49.7. The summed E-state index contributed by atoms with van der Waals surface area (Å²) >= 11 is 0. The van der Waals surface area contributed by atoms with Gasteiger partial charge in [0.15, 0.2) is 0 Å². The van der Waals surface area contributed by atoms with Crippen molar-refractivity contribution in [2.45, 2.75) is 50.7 Å². The Morgan fingerprint density at radius 2 is 1.13 bits per heavy atom. The molecule has 0 bridgehead atoms. The van der Waals surface area contributed by atoms with E-state index in [1.54, 1.807) is 48.5 Å². The molecule has 2 unspecified atom stereocenters. The van der Waals surface area contributed by atoms with E-state index in [1.165, 1.54) is 0 Å². The number of carbonyl (C=O) groups is 4. The fourth-order valence-electron chi connectivity index (χ4n) is 4.38. The molecule has 2 aliphatic heterocycles. The van der Waals surface area contributed by atoms with E-state index in [1.807, 2.05) is 0 Å². The normalized spacial score (nSPS) is 18.5. The Bertz CT molecular complexity index is 1050. The topological polar surface area (TPSA) is 135 Å². The molecule has 0 spiro atoms. The standard InChI is InChI=1S/C28H34N4O6/c33-25(31-21-7-1-5-19(15-21)27(35)29-17-23-9-3-13-37-23)11-12-26(34)32-22-8-2-6-20(16-22)28(36)30-18-24-10-4-14-38-24/h1-2,5-8,15-16,23-24H,3-4,9-14,17-18H2,(H,29,35)(H,30,36)(H,31,33)(H,32,34). The van der Waals surface area contributed by atoms with Crippen LogP contribution in [0.1, 0.15) is 59.2 Å². The second kappa shape index (κ2) is 13.7. The zero-order valence-electron chi connectivity index (χ0n) is 21.3. The fraction of sp³-hybridized carbons (Fsp3) is 0.429. The number of ether oxygens (including phenoxy) is 2. The Morgan fingerprint density at radius 3 is 1.53 bits per heavy atom. The molecule has 202 valence electrons. The van der Waals surface area contributed by atoms with Gasteiger partial charge in [-0.2, -0.15) is 0 Å². The van der Waals surface area contributed by atoms with Gasteiger partial charge in [0.2, 0.25) is 11.8 Å². The smallest absolute Gasteiger partial charge is 0.251 e. The van der Waals surface area contributed by atoms with Crippen molar-refractivity contribution in [3.05, 3.63) is 59.7 Å². The highest BCUT2D eigenvalue weighted by Gasteiger charge is 2.18. The van der Waals surface area contributed by atoms with E-state index in [9.17, 15) is 19.2 Å². The van der Waals surface area contributed by atoms with Gasteiger partial charge in [-0.25, -0.2) is 0 Å². The zero-order chi connectivity index (χ0) is 26.7. The van der Waals surface area contributed by atoms with Gasteiger partial charge in [0.25, 0.3) is 11.8 Å². The Kier molecular flexibility index (Phi) is 9.83. The van der Waals surface area contributed by atoms with Crippen LogP contribution in [0.3, 0.4) is 0 Å². The van der Waals surface area contributed by atoms with Crippen molar-refractivity contribution in [3.63, 3.8) is 0 Å². The summed E-state index contributed by atoms with van der Waals surface area (Å²) in [6, 6.07) is 13.3.